The van der Waals surface area contributed by atoms with Crippen LogP contribution >= 0.6 is 15.9 Å². The van der Waals surface area contributed by atoms with Gasteiger partial charge in [0.1, 0.15) is 0 Å². The SMILES string of the molecule is Cc1c(Br)cc(C(=O)O)cc1S(=O)(=O)NC1CCN(C)C1. The number of nitrogens with zero attached hydrogens (tertiary/aromatic N) is 1. The zero-order valence-corrected chi connectivity index (χ0v) is 14.2. The number of nitrogens with one attached hydrogen (secondary N) is 1. The van der Waals surface area contributed by atoms with Crippen molar-refractivity contribution in [3.8, 4) is 0 Å². The van der Waals surface area contributed by atoms with Gasteiger partial charge in [-0.25, -0.2) is 17.9 Å². The number of carboxylic acids is 1. The first-order chi connectivity index (χ1) is 9.70. The molecule has 2 rings (SSSR count). The van der Waals surface area contributed by atoms with Gasteiger partial charge in [0, 0.05) is 17.1 Å². The zero-order chi connectivity index (χ0) is 15.8. The molecule has 1 unspecified atom stereocenters. The van der Waals surface area contributed by atoms with Crippen molar-refractivity contribution in [2.75, 3.05) is 20.1 Å². The second kappa shape index (κ2) is 6.04. The van der Waals surface area contributed by atoms with Gasteiger partial charge in [-0.15, -0.1) is 0 Å². The van der Waals surface area contributed by atoms with Crippen molar-refractivity contribution >= 4 is 31.9 Å². The largest absolute Gasteiger partial charge is 0.478 e. The topological polar surface area (TPSA) is 86.7 Å². The second-order valence-electron chi connectivity index (χ2n) is 5.26. The highest BCUT2D eigenvalue weighted by atomic mass is 79.9. The molecule has 21 heavy (non-hydrogen) atoms. The smallest absolute Gasteiger partial charge is 0.335 e. The summed E-state index contributed by atoms with van der Waals surface area (Å²) in [6.07, 6.45) is 0.745. The van der Waals surface area contributed by atoms with E-state index in [9.17, 15) is 13.2 Å². The maximum Gasteiger partial charge on any atom is 0.335 e. The minimum Gasteiger partial charge on any atom is -0.478 e. The average Bonchev–Trinajstić information content (AvgIpc) is 2.76. The van der Waals surface area contributed by atoms with E-state index in [1.807, 2.05) is 11.9 Å². The molecule has 1 heterocycles. The lowest BCUT2D eigenvalue weighted by Gasteiger charge is -2.16. The molecular weight excluding hydrogens is 360 g/mol. The Hall–Kier alpha value is -0.960. The molecule has 8 heteroatoms. The highest BCUT2D eigenvalue weighted by Gasteiger charge is 2.27. The number of likely N-dealkylation sites (tertiary alicyclic amines) is 1. The van der Waals surface area contributed by atoms with Gasteiger partial charge in [-0.05, 0) is 44.6 Å². The third-order valence-corrected chi connectivity index (χ3v) is 6.02. The zero-order valence-electron chi connectivity index (χ0n) is 11.8. The molecule has 1 fully saturated rings. The van der Waals surface area contributed by atoms with Crippen LogP contribution in [0.15, 0.2) is 21.5 Å². The van der Waals surface area contributed by atoms with Crippen molar-refractivity contribution in [3.63, 3.8) is 0 Å². The normalized spacial score (nSPS) is 19.9. The summed E-state index contributed by atoms with van der Waals surface area (Å²) in [4.78, 5) is 13.1. The summed E-state index contributed by atoms with van der Waals surface area (Å²) in [7, 11) is -1.81. The van der Waals surface area contributed by atoms with Crippen LogP contribution in [-0.2, 0) is 10.0 Å². The molecule has 1 aromatic rings. The van der Waals surface area contributed by atoms with Gasteiger partial charge in [-0.1, -0.05) is 15.9 Å². The molecule has 1 aliphatic rings. The highest BCUT2D eigenvalue weighted by molar-refractivity contribution is 9.10. The number of hydrogen-bond acceptors (Lipinski definition) is 4. The Morgan fingerprint density at radius 2 is 2.14 bits per heavy atom. The van der Waals surface area contributed by atoms with Crippen molar-refractivity contribution < 1.29 is 18.3 Å². The van der Waals surface area contributed by atoms with Gasteiger partial charge >= 0.3 is 5.97 Å². The van der Waals surface area contributed by atoms with Crippen molar-refractivity contribution in [2.45, 2.75) is 24.3 Å². The minimum absolute atomic E-state index is 0.00354. The minimum atomic E-state index is -3.75. The third-order valence-electron chi connectivity index (χ3n) is 3.55. The molecule has 2 N–H and O–H groups in total. The lowest BCUT2D eigenvalue weighted by molar-refractivity contribution is 0.0696. The van der Waals surface area contributed by atoms with Crippen LogP contribution in [0.3, 0.4) is 0 Å². The molecule has 0 radical (unpaired) electrons. The Bertz CT molecular complexity index is 675. The highest BCUT2D eigenvalue weighted by Crippen LogP contribution is 2.26. The van der Waals surface area contributed by atoms with Gasteiger partial charge in [0.15, 0.2) is 0 Å². The molecule has 0 aliphatic carbocycles. The quantitative estimate of drug-likeness (QED) is 0.829. The Labute approximate surface area is 132 Å². The molecule has 0 spiro atoms. The summed E-state index contributed by atoms with van der Waals surface area (Å²) in [5.41, 5.74) is 0.440. The predicted molar refractivity (Wildman–Crippen MR) is 82.1 cm³/mol. The Morgan fingerprint density at radius 3 is 2.67 bits per heavy atom. The molecule has 1 saturated heterocycles. The molecule has 1 atom stereocenters. The van der Waals surface area contributed by atoms with E-state index in [2.05, 4.69) is 20.7 Å². The molecule has 0 amide bonds. The third kappa shape index (κ3) is 3.63. The fraction of sp³-hybridized carbons (Fsp3) is 0.462. The summed E-state index contributed by atoms with van der Waals surface area (Å²) in [5, 5.41) is 9.07. The van der Waals surface area contributed by atoms with Crippen LogP contribution in [0.2, 0.25) is 0 Å². The predicted octanol–water partition coefficient (Wildman–Crippen LogP) is 1.44. The summed E-state index contributed by atoms with van der Waals surface area (Å²) in [6, 6.07) is 2.45. The van der Waals surface area contributed by atoms with Gasteiger partial charge in [0.05, 0.1) is 10.5 Å². The first kappa shape index (κ1) is 16.4. The van der Waals surface area contributed by atoms with Crippen molar-refractivity contribution in [1.82, 2.24) is 9.62 Å². The number of sulfonamides is 1. The number of carboxylic acid groups (broad SMARTS) is 1. The van der Waals surface area contributed by atoms with E-state index in [-0.39, 0.29) is 16.5 Å². The molecular formula is C13H17BrN2O4S. The van der Waals surface area contributed by atoms with E-state index >= 15 is 0 Å². The van der Waals surface area contributed by atoms with Crippen LogP contribution in [0.25, 0.3) is 0 Å². The Morgan fingerprint density at radius 1 is 1.48 bits per heavy atom. The van der Waals surface area contributed by atoms with Gasteiger partial charge < -0.3 is 10.0 Å². The maximum absolute atomic E-state index is 12.5. The summed E-state index contributed by atoms with van der Waals surface area (Å²) < 4.78 is 28.1. The first-order valence-electron chi connectivity index (χ1n) is 6.45. The molecule has 116 valence electrons. The van der Waals surface area contributed by atoms with E-state index < -0.39 is 16.0 Å². The first-order valence-corrected chi connectivity index (χ1v) is 8.72. The fourth-order valence-corrected chi connectivity index (χ4v) is 4.52. The number of hydrogen-bond donors (Lipinski definition) is 2. The summed E-state index contributed by atoms with van der Waals surface area (Å²) >= 11 is 3.22. The van der Waals surface area contributed by atoms with Crippen LogP contribution in [0.5, 0.6) is 0 Å². The second-order valence-corrected chi connectivity index (χ2v) is 7.79. The van der Waals surface area contributed by atoms with Gasteiger partial charge in [-0.2, -0.15) is 0 Å². The van der Waals surface area contributed by atoms with Gasteiger partial charge in [0.2, 0.25) is 10.0 Å². The standard InChI is InChI=1S/C13H17BrN2O4S/c1-8-11(14)5-9(13(17)18)6-12(8)21(19,20)15-10-3-4-16(2)7-10/h5-6,10,15H,3-4,7H2,1-2H3,(H,17,18). The Balaban J connectivity index is 2.37. The van der Waals surface area contributed by atoms with E-state index in [1.54, 1.807) is 6.92 Å². The number of rotatable bonds is 4. The van der Waals surface area contributed by atoms with Crippen molar-refractivity contribution in [2.24, 2.45) is 0 Å². The van der Waals surface area contributed by atoms with Crippen LogP contribution < -0.4 is 4.72 Å². The molecule has 6 nitrogen and oxygen atoms in total. The average molecular weight is 377 g/mol. The van der Waals surface area contributed by atoms with Crippen LogP contribution in [0.1, 0.15) is 22.3 Å². The van der Waals surface area contributed by atoms with E-state index in [0.29, 0.717) is 16.6 Å². The molecule has 0 aromatic heterocycles. The summed E-state index contributed by atoms with van der Waals surface area (Å²) in [5.74, 6) is -1.16. The number of halogens is 1. The van der Waals surface area contributed by atoms with Gasteiger partial charge in [-0.3, -0.25) is 0 Å². The molecule has 0 saturated carbocycles. The molecule has 1 aromatic carbocycles. The molecule has 0 bridgehead atoms. The van der Waals surface area contributed by atoms with Crippen molar-refractivity contribution in [1.29, 1.82) is 0 Å². The monoisotopic (exact) mass is 376 g/mol. The van der Waals surface area contributed by atoms with E-state index in [0.717, 1.165) is 13.0 Å². The van der Waals surface area contributed by atoms with E-state index in [1.165, 1.54) is 12.1 Å². The Kier molecular flexibility index (Phi) is 4.72. The fourth-order valence-electron chi connectivity index (χ4n) is 2.37. The number of aromatic carboxylic acids is 1. The van der Waals surface area contributed by atoms with Crippen LogP contribution in [0.4, 0.5) is 0 Å². The maximum atomic E-state index is 12.5. The number of benzene rings is 1. The molecule has 1 aliphatic heterocycles. The van der Waals surface area contributed by atoms with Crippen molar-refractivity contribution in [3.05, 3.63) is 27.7 Å². The van der Waals surface area contributed by atoms with E-state index in [4.69, 9.17) is 5.11 Å². The van der Waals surface area contributed by atoms with Crippen LogP contribution in [-0.4, -0.2) is 50.6 Å². The summed E-state index contributed by atoms with van der Waals surface area (Å²) in [6.45, 7) is 3.13. The lowest BCUT2D eigenvalue weighted by atomic mass is 10.1. The van der Waals surface area contributed by atoms with Crippen LogP contribution in [0, 0.1) is 6.92 Å². The van der Waals surface area contributed by atoms with Gasteiger partial charge in [0.25, 0.3) is 0 Å². The number of likely N-dealkylation sites (N-methyl/N-ethyl adjacent to an activating group) is 1. The lowest BCUT2D eigenvalue weighted by Crippen LogP contribution is -2.36. The number of carbonyl (C=O) groups is 1.